The van der Waals surface area contributed by atoms with Crippen LogP contribution in [0.3, 0.4) is 0 Å². The van der Waals surface area contributed by atoms with Gasteiger partial charge < -0.3 is 0 Å². The fourth-order valence-corrected chi connectivity index (χ4v) is 2.64. The third kappa shape index (κ3) is 2.84. The zero-order chi connectivity index (χ0) is 9.14. The van der Waals surface area contributed by atoms with E-state index in [4.69, 9.17) is 0 Å². The van der Waals surface area contributed by atoms with E-state index in [1.165, 1.54) is 6.92 Å². The molecule has 1 aromatic rings. The number of allylic oxidation sites excluding steroid dienone is 1. The van der Waals surface area contributed by atoms with Crippen molar-refractivity contribution in [1.82, 2.24) is 0 Å². The third-order valence-corrected chi connectivity index (χ3v) is 4.37. The van der Waals surface area contributed by atoms with Gasteiger partial charge in [0.15, 0.2) is 5.78 Å². The first-order chi connectivity index (χ1) is 5.59. The van der Waals surface area contributed by atoms with Gasteiger partial charge in [0.2, 0.25) is 0 Å². The molecular weight excluding hydrogens is 304 g/mol. The summed E-state index contributed by atoms with van der Waals surface area (Å²) in [7, 11) is 0. The number of carbonyl (C=O) groups is 1. The molecule has 0 atom stereocenters. The molecule has 0 fully saturated rings. The van der Waals surface area contributed by atoms with Crippen molar-refractivity contribution in [1.29, 1.82) is 0 Å². The van der Waals surface area contributed by atoms with Gasteiger partial charge >= 0.3 is 0 Å². The highest BCUT2D eigenvalue weighted by Crippen LogP contribution is 2.32. The smallest absolute Gasteiger partial charge is 0.152 e. The molecule has 0 saturated carbocycles. The van der Waals surface area contributed by atoms with Crippen molar-refractivity contribution in [3.63, 3.8) is 0 Å². The van der Waals surface area contributed by atoms with Crippen LogP contribution < -0.4 is 0 Å². The van der Waals surface area contributed by atoms with Crippen molar-refractivity contribution in [3.05, 3.63) is 25.3 Å². The lowest BCUT2D eigenvalue weighted by molar-refractivity contribution is -0.112. The number of halogens is 2. The van der Waals surface area contributed by atoms with E-state index in [9.17, 15) is 4.79 Å². The first-order valence-electron chi connectivity index (χ1n) is 3.23. The maximum atomic E-state index is 10.6. The fraction of sp³-hybridized carbons (Fsp3) is 0.125. The number of ketones is 1. The van der Waals surface area contributed by atoms with E-state index in [1.807, 2.05) is 12.1 Å². The summed E-state index contributed by atoms with van der Waals surface area (Å²) < 4.78 is 2.07. The summed E-state index contributed by atoms with van der Waals surface area (Å²) >= 11 is 8.33. The average Bonchev–Trinajstić information content (AvgIpc) is 2.28. The van der Waals surface area contributed by atoms with Gasteiger partial charge in [-0.05, 0) is 57.0 Å². The van der Waals surface area contributed by atoms with Gasteiger partial charge in [-0.1, -0.05) is 0 Å². The Kier molecular flexibility index (Phi) is 3.68. The van der Waals surface area contributed by atoms with Crippen LogP contribution in [0.4, 0.5) is 0 Å². The van der Waals surface area contributed by atoms with Crippen molar-refractivity contribution >= 4 is 55.1 Å². The minimum absolute atomic E-state index is 0.0654. The molecule has 0 unspecified atom stereocenters. The predicted octanol–water partition coefficient (Wildman–Crippen LogP) is 3.88. The average molecular weight is 310 g/mol. The summed E-state index contributed by atoms with van der Waals surface area (Å²) in [6, 6.07) is 1.97. The number of hydrogen-bond donors (Lipinski definition) is 0. The topological polar surface area (TPSA) is 17.1 Å². The molecule has 0 aliphatic heterocycles. The van der Waals surface area contributed by atoms with Crippen LogP contribution in [-0.2, 0) is 4.79 Å². The highest BCUT2D eigenvalue weighted by molar-refractivity contribution is 9.13. The number of carbonyl (C=O) groups excluding carboxylic acids is 1. The third-order valence-electron chi connectivity index (χ3n) is 1.15. The Labute approximate surface area is 91.7 Å². The van der Waals surface area contributed by atoms with E-state index in [-0.39, 0.29) is 5.78 Å². The molecule has 1 aromatic heterocycles. The Morgan fingerprint density at radius 1 is 1.58 bits per heavy atom. The maximum Gasteiger partial charge on any atom is 0.152 e. The summed E-state index contributed by atoms with van der Waals surface area (Å²) in [5.74, 6) is 0.0654. The largest absolute Gasteiger partial charge is 0.295 e. The summed E-state index contributed by atoms with van der Waals surface area (Å²) in [4.78, 5) is 11.7. The number of hydrogen-bond acceptors (Lipinski definition) is 2. The lowest BCUT2D eigenvalue weighted by Gasteiger charge is -1.79. The van der Waals surface area contributed by atoms with Crippen LogP contribution in [0.15, 0.2) is 20.4 Å². The van der Waals surface area contributed by atoms with Gasteiger partial charge in [0.25, 0.3) is 0 Å². The lowest BCUT2D eigenvalue weighted by atomic mass is 10.3. The van der Waals surface area contributed by atoms with Crippen molar-refractivity contribution in [3.8, 4) is 0 Å². The van der Waals surface area contributed by atoms with E-state index in [1.54, 1.807) is 17.4 Å². The van der Waals surface area contributed by atoms with E-state index in [0.29, 0.717) is 0 Å². The van der Waals surface area contributed by atoms with E-state index >= 15 is 0 Å². The predicted molar refractivity (Wildman–Crippen MR) is 59.4 cm³/mol. The molecule has 0 aliphatic carbocycles. The Hall–Kier alpha value is 0.0700. The quantitative estimate of drug-likeness (QED) is 0.758. The monoisotopic (exact) mass is 308 g/mol. The molecule has 1 rings (SSSR count). The van der Waals surface area contributed by atoms with Crippen LogP contribution in [0.2, 0.25) is 0 Å². The fourth-order valence-electron chi connectivity index (χ4n) is 0.645. The first kappa shape index (κ1) is 10.2. The van der Waals surface area contributed by atoms with Crippen LogP contribution in [-0.4, -0.2) is 5.78 Å². The summed E-state index contributed by atoms with van der Waals surface area (Å²) in [6.07, 6.45) is 3.37. The maximum absolute atomic E-state index is 10.6. The number of thiophene rings is 1. The molecule has 0 aromatic carbocycles. The van der Waals surface area contributed by atoms with Crippen molar-refractivity contribution in [2.24, 2.45) is 0 Å². The number of rotatable bonds is 2. The SMILES string of the molecule is CC(=O)/C=C/c1cc(Br)c(Br)s1. The van der Waals surface area contributed by atoms with Crippen LogP contribution in [0.25, 0.3) is 6.08 Å². The Morgan fingerprint density at radius 3 is 2.67 bits per heavy atom. The van der Waals surface area contributed by atoms with Gasteiger partial charge in [0, 0.05) is 9.35 Å². The highest BCUT2D eigenvalue weighted by atomic mass is 79.9. The second-order valence-electron chi connectivity index (χ2n) is 2.21. The second kappa shape index (κ2) is 4.35. The minimum atomic E-state index is 0.0654. The molecule has 4 heteroatoms. The van der Waals surface area contributed by atoms with Gasteiger partial charge in [-0.25, -0.2) is 0 Å². The molecular formula is C8H6Br2OS. The molecule has 0 amide bonds. The van der Waals surface area contributed by atoms with E-state index in [2.05, 4.69) is 31.9 Å². The van der Waals surface area contributed by atoms with Crippen molar-refractivity contribution in [2.75, 3.05) is 0 Å². The molecule has 0 N–H and O–H groups in total. The summed E-state index contributed by atoms with van der Waals surface area (Å²) in [5, 5.41) is 0. The standard InChI is InChI=1S/C8H6Br2OS/c1-5(11)2-3-6-4-7(9)8(10)12-6/h2-4H,1H3/b3-2+. The van der Waals surface area contributed by atoms with Crippen LogP contribution in [0, 0.1) is 0 Å². The van der Waals surface area contributed by atoms with E-state index in [0.717, 1.165) is 13.1 Å². The molecule has 0 aliphatic rings. The zero-order valence-electron chi connectivity index (χ0n) is 6.30. The summed E-state index contributed by atoms with van der Waals surface area (Å²) in [6.45, 7) is 1.54. The van der Waals surface area contributed by atoms with Crippen LogP contribution >= 0.6 is 43.2 Å². The van der Waals surface area contributed by atoms with Gasteiger partial charge in [-0.3, -0.25) is 4.79 Å². The molecule has 12 heavy (non-hydrogen) atoms. The van der Waals surface area contributed by atoms with Gasteiger partial charge in [0.05, 0.1) is 3.79 Å². The Balaban J connectivity index is 2.83. The Bertz CT molecular complexity index is 308. The molecule has 1 heterocycles. The van der Waals surface area contributed by atoms with Crippen molar-refractivity contribution in [2.45, 2.75) is 6.92 Å². The second-order valence-corrected chi connectivity index (χ2v) is 5.47. The molecule has 1 nitrogen and oxygen atoms in total. The normalized spacial score (nSPS) is 10.9. The van der Waals surface area contributed by atoms with Gasteiger partial charge in [-0.2, -0.15) is 0 Å². The van der Waals surface area contributed by atoms with Gasteiger partial charge in [-0.15, -0.1) is 11.3 Å². The first-order valence-corrected chi connectivity index (χ1v) is 5.63. The highest BCUT2D eigenvalue weighted by Gasteiger charge is 2.00. The lowest BCUT2D eigenvalue weighted by Crippen LogP contribution is -1.77. The van der Waals surface area contributed by atoms with E-state index < -0.39 is 0 Å². The molecule has 64 valence electrons. The molecule has 0 radical (unpaired) electrons. The Morgan fingerprint density at radius 2 is 2.25 bits per heavy atom. The molecule has 0 bridgehead atoms. The molecule has 0 spiro atoms. The van der Waals surface area contributed by atoms with Crippen LogP contribution in [0.1, 0.15) is 11.8 Å². The van der Waals surface area contributed by atoms with Crippen molar-refractivity contribution < 1.29 is 4.79 Å². The minimum Gasteiger partial charge on any atom is -0.295 e. The zero-order valence-corrected chi connectivity index (χ0v) is 10.3. The van der Waals surface area contributed by atoms with Crippen LogP contribution in [0.5, 0.6) is 0 Å². The summed E-state index contributed by atoms with van der Waals surface area (Å²) in [5.41, 5.74) is 0. The van der Waals surface area contributed by atoms with Gasteiger partial charge in [0.1, 0.15) is 0 Å². The molecule has 0 saturated heterocycles.